The van der Waals surface area contributed by atoms with E-state index >= 15 is 0 Å². The second kappa shape index (κ2) is 13.3. The van der Waals surface area contributed by atoms with Gasteiger partial charge in [0.05, 0.1) is 5.69 Å². The molecule has 0 heterocycles. The zero-order valence-corrected chi connectivity index (χ0v) is 28.5. The molecule has 0 bridgehead atoms. The Bertz CT molecular complexity index is 2020. The molecule has 0 radical (unpaired) electrons. The van der Waals surface area contributed by atoms with Gasteiger partial charge in [0.2, 0.25) is 0 Å². The van der Waals surface area contributed by atoms with Crippen molar-refractivity contribution in [2.45, 2.75) is 52.4 Å². The molecular weight excluding hydrogens is 567 g/mol. The summed E-state index contributed by atoms with van der Waals surface area (Å²) in [7, 11) is 0. The lowest BCUT2D eigenvalue weighted by atomic mass is 9.78. The van der Waals surface area contributed by atoms with Gasteiger partial charge in [-0.2, -0.15) is 0 Å². The van der Waals surface area contributed by atoms with Crippen molar-refractivity contribution in [3.63, 3.8) is 0 Å². The van der Waals surface area contributed by atoms with Crippen LogP contribution in [0.25, 0.3) is 21.5 Å². The lowest BCUT2D eigenvalue weighted by molar-refractivity contribution is 0.623. The standard InChI is InChI=1S/C46H45N/c1-7-18-40(30-27-34(2)45(3,4)37-21-10-8-11-22-37)47(41-31-28-39(29-32-41)46(5,6)38-23-12-9-13-24-38)44-42-25-16-14-19-35(42)33-36-20-15-17-26-43(36)44/h7-33H,1-6H3/b18-7-,34-27+,40-30+. The summed E-state index contributed by atoms with van der Waals surface area (Å²) >= 11 is 0. The molecule has 0 N–H and O–H groups in total. The highest BCUT2D eigenvalue weighted by molar-refractivity contribution is 6.13. The van der Waals surface area contributed by atoms with E-state index in [1.54, 1.807) is 0 Å². The first-order valence-corrected chi connectivity index (χ1v) is 16.7. The van der Waals surface area contributed by atoms with Crippen LogP contribution in [-0.4, -0.2) is 0 Å². The molecule has 0 spiro atoms. The molecule has 0 aliphatic heterocycles. The van der Waals surface area contributed by atoms with E-state index in [9.17, 15) is 0 Å². The highest BCUT2D eigenvalue weighted by Crippen LogP contribution is 2.43. The van der Waals surface area contributed by atoms with Crippen LogP contribution in [0, 0.1) is 0 Å². The van der Waals surface area contributed by atoms with Gasteiger partial charge in [-0.1, -0.05) is 167 Å². The van der Waals surface area contributed by atoms with Crippen molar-refractivity contribution in [2.75, 3.05) is 4.90 Å². The monoisotopic (exact) mass is 611 g/mol. The Labute approximate surface area is 281 Å². The molecule has 0 atom stereocenters. The van der Waals surface area contributed by atoms with Gasteiger partial charge in [0.1, 0.15) is 0 Å². The summed E-state index contributed by atoms with van der Waals surface area (Å²) in [5.74, 6) is 0. The van der Waals surface area contributed by atoms with Crippen molar-refractivity contribution < 1.29 is 0 Å². The van der Waals surface area contributed by atoms with Crippen LogP contribution in [0.15, 0.2) is 175 Å². The number of rotatable bonds is 9. The van der Waals surface area contributed by atoms with Crippen LogP contribution in [-0.2, 0) is 10.8 Å². The second-order valence-corrected chi connectivity index (χ2v) is 13.5. The van der Waals surface area contributed by atoms with Gasteiger partial charge in [0.25, 0.3) is 0 Å². The highest BCUT2D eigenvalue weighted by Gasteiger charge is 2.25. The molecule has 6 aromatic carbocycles. The zero-order chi connectivity index (χ0) is 33.0. The fourth-order valence-corrected chi connectivity index (χ4v) is 6.56. The SMILES string of the molecule is C\C=C/C(=C\C=C(/C)C(C)(C)c1ccccc1)N(c1ccc(C(C)(C)c2ccccc2)cc1)c1c2ccccc2cc2ccccc12. The van der Waals surface area contributed by atoms with E-state index in [-0.39, 0.29) is 10.8 Å². The predicted molar refractivity (Wildman–Crippen MR) is 205 cm³/mol. The van der Waals surface area contributed by atoms with E-state index in [1.165, 1.54) is 49.5 Å². The summed E-state index contributed by atoms with van der Waals surface area (Å²) in [6.07, 6.45) is 8.97. The van der Waals surface area contributed by atoms with E-state index in [2.05, 4.69) is 210 Å². The molecule has 6 aromatic rings. The fourth-order valence-electron chi connectivity index (χ4n) is 6.56. The van der Waals surface area contributed by atoms with Crippen molar-refractivity contribution in [1.29, 1.82) is 0 Å². The molecule has 0 aromatic heterocycles. The lowest BCUT2D eigenvalue weighted by Crippen LogP contribution is -2.20. The first-order valence-electron chi connectivity index (χ1n) is 16.7. The van der Waals surface area contributed by atoms with E-state index in [4.69, 9.17) is 0 Å². The molecule has 6 rings (SSSR count). The molecule has 0 fully saturated rings. The molecule has 1 heteroatoms. The Morgan fingerprint density at radius 2 is 1.04 bits per heavy atom. The average molecular weight is 612 g/mol. The zero-order valence-electron chi connectivity index (χ0n) is 28.5. The number of hydrogen-bond acceptors (Lipinski definition) is 1. The van der Waals surface area contributed by atoms with E-state index in [0.717, 1.165) is 11.4 Å². The smallest absolute Gasteiger partial charge is 0.0618 e. The molecule has 234 valence electrons. The number of fused-ring (bicyclic) bond motifs is 2. The third-order valence-electron chi connectivity index (χ3n) is 9.89. The van der Waals surface area contributed by atoms with Gasteiger partial charge < -0.3 is 4.90 Å². The number of hydrogen-bond donors (Lipinski definition) is 0. The molecule has 1 nitrogen and oxygen atoms in total. The topological polar surface area (TPSA) is 3.24 Å². The van der Waals surface area contributed by atoms with Gasteiger partial charge in [-0.05, 0) is 71.7 Å². The lowest BCUT2D eigenvalue weighted by Gasteiger charge is -2.31. The van der Waals surface area contributed by atoms with Crippen molar-refractivity contribution in [2.24, 2.45) is 0 Å². The molecule has 0 unspecified atom stereocenters. The van der Waals surface area contributed by atoms with Crippen LogP contribution in [0.4, 0.5) is 11.4 Å². The van der Waals surface area contributed by atoms with E-state index in [1.807, 2.05) is 0 Å². The summed E-state index contributed by atoms with van der Waals surface area (Å²) in [5, 5.41) is 4.90. The minimum Gasteiger partial charge on any atom is -0.309 e. The molecule has 0 aliphatic rings. The maximum atomic E-state index is 2.45. The molecule has 0 saturated carbocycles. The Morgan fingerprint density at radius 1 is 0.553 bits per heavy atom. The molecule has 0 amide bonds. The largest absolute Gasteiger partial charge is 0.309 e. The van der Waals surface area contributed by atoms with Gasteiger partial charge in [0, 0.05) is 33.0 Å². The maximum absolute atomic E-state index is 2.45. The van der Waals surface area contributed by atoms with Crippen LogP contribution < -0.4 is 4.90 Å². The quantitative estimate of drug-likeness (QED) is 0.116. The Balaban J connectivity index is 1.57. The van der Waals surface area contributed by atoms with Crippen LogP contribution in [0.3, 0.4) is 0 Å². The number of nitrogens with zero attached hydrogens (tertiary/aromatic N) is 1. The fraction of sp³-hybridized carbons (Fsp3) is 0.174. The van der Waals surface area contributed by atoms with E-state index in [0.29, 0.717) is 0 Å². The summed E-state index contributed by atoms with van der Waals surface area (Å²) < 4.78 is 0. The van der Waals surface area contributed by atoms with Gasteiger partial charge in [-0.25, -0.2) is 0 Å². The summed E-state index contributed by atoms with van der Waals surface area (Å²) in [6, 6.07) is 50.6. The predicted octanol–water partition coefficient (Wildman–Crippen LogP) is 12.8. The van der Waals surface area contributed by atoms with Gasteiger partial charge in [0.15, 0.2) is 0 Å². The molecule has 47 heavy (non-hydrogen) atoms. The number of benzene rings is 6. The first kappa shape index (κ1) is 31.8. The summed E-state index contributed by atoms with van der Waals surface area (Å²) in [5.41, 5.74) is 8.38. The van der Waals surface area contributed by atoms with Crippen LogP contribution in [0.5, 0.6) is 0 Å². The Kier molecular flexibility index (Phi) is 9.01. The van der Waals surface area contributed by atoms with Crippen molar-refractivity contribution >= 4 is 32.9 Å². The molecule has 0 aliphatic carbocycles. The molecular formula is C46H45N. The van der Waals surface area contributed by atoms with E-state index < -0.39 is 0 Å². The summed E-state index contributed by atoms with van der Waals surface area (Å²) in [4.78, 5) is 2.45. The van der Waals surface area contributed by atoms with Gasteiger partial charge >= 0.3 is 0 Å². The normalized spacial score (nSPS) is 13.1. The average Bonchev–Trinajstić information content (AvgIpc) is 3.11. The second-order valence-electron chi connectivity index (χ2n) is 13.5. The van der Waals surface area contributed by atoms with Crippen LogP contribution >= 0.6 is 0 Å². The van der Waals surface area contributed by atoms with Crippen molar-refractivity contribution in [1.82, 2.24) is 0 Å². The highest BCUT2D eigenvalue weighted by atomic mass is 15.1. The number of allylic oxidation sites excluding steroid dienone is 5. The third-order valence-corrected chi connectivity index (χ3v) is 9.89. The van der Waals surface area contributed by atoms with Crippen molar-refractivity contribution in [3.8, 4) is 0 Å². The Hall–Kier alpha value is -5.14. The maximum Gasteiger partial charge on any atom is 0.0618 e. The number of anilines is 2. The van der Waals surface area contributed by atoms with Crippen LogP contribution in [0.1, 0.15) is 58.2 Å². The molecule has 0 saturated heterocycles. The van der Waals surface area contributed by atoms with Crippen molar-refractivity contribution in [3.05, 3.63) is 192 Å². The van der Waals surface area contributed by atoms with Gasteiger partial charge in [-0.15, -0.1) is 0 Å². The summed E-state index contributed by atoms with van der Waals surface area (Å²) in [6.45, 7) is 13.6. The minimum absolute atomic E-state index is 0.111. The Morgan fingerprint density at radius 3 is 1.60 bits per heavy atom. The first-order chi connectivity index (χ1) is 22.7. The van der Waals surface area contributed by atoms with Gasteiger partial charge in [-0.3, -0.25) is 0 Å². The van der Waals surface area contributed by atoms with Crippen LogP contribution in [0.2, 0.25) is 0 Å². The third kappa shape index (κ3) is 6.31. The minimum atomic E-state index is -0.123.